The zero-order chi connectivity index (χ0) is 18.9. The van der Waals surface area contributed by atoms with Crippen molar-refractivity contribution < 1.29 is 9.32 Å². The first-order chi connectivity index (χ1) is 12.5. The van der Waals surface area contributed by atoms with Gasteiger partial charge in [0.2, 0.25) is 0 Å². The van der Waals surface area contributed by atoms with Gasteiger partial charge in [-0.3, -0.25) is 0 Å². The van der Waals surface area contributed by atoms with Crippen molar-refractivity contribution in [3.8, 4) is 0 Å². The van der Waals surface area contributed by atoms with Crippen LogP contribution in [0.3, 0.4) is 0 Å². The molecule has 0 radical (unpaired) electrons. The van der Waals surface area contributed by atoms with Crippen LogP contribution in [-0.2, 0) is 6.54 Å². The van der Waals surface area contributed by atoms with Gasteiger partial charge in [0, 0.05) is 23.7 Å². The molecular formula is C20H29ClN3OS+. The molecule has 0 amide bonds. The summed E-state index contributed by atoms with van der Waals surface area (Å²) < 4.78 is 5.52. The van der Waals surface area contributed by atoms with E-state index in [0.717, 1.165) is 49.6 Å². The Bertz CT molecular complexity index is 686. The van der Waals surface area contributed by atoms with Gasteiger partial charge in [0.1, 0.15) is 5.76 Å². The molecule has 2 N–H and O–H groups in total. The number of anilines is 1. The lowest BCUT2D eigenvalue weighted by Crippen LogP contribution is -3.11. The van der Waals surface area contributed by atoms with Crippen molar-refractivity contribution in [2.24, 2.45) is 0 Å². The normalized spacial score (nSPS) is 11.0. The molecule has 2 rings (SSSR count). The molecule has 1 aromatic heterocycles. The molecule has 0 aliphatic heterocycles. The SMILES string of the molecule is CC[NH+](CC)CCCN(Cc1ccco1)C(=S)Nc1cc(Cl)ccc1C. The molecule has 0 aliphatic carbocycles. The zero-order valence-corrected chi connectivity index (χ0v) is 17.4. The van der Waals surface area contributed by atoms with E-state index >= 15 is 0 Å². The first-order valence-corrected chi connectivity index (χ1v) is 10.00. The number of quaternary nitrogens is 1. The third-order valence-electron chi connectivity index (χ3n) is 4.61. The Balaban J connectivity index is 2.03. The van der Waals surface area contributed by atoms with Gasteiger partial charge in [-0.25, -0.2) is 0 Å². The molecular weight excluding hydrogens is 366 g/mol. The number of nitrogens with zero attached hydrogens (tertiary/aromatic N) is 1. The van der Waals surface area contributed by atoms with E-state index in [-0.39, 0.29) is 0 Å². The zero-order valence-electron chi connectivity index (χ0n) is 15.8. The van der Waals surface area contributed by atoms with Crippen LogP contribution in [-0.4, -0.2) is 36.2 Å². The number of nitrogens with one attached hydrogen (secondary N) is 2. The molecule has 0 fully saturated rings. The molecule has 0 saturated heterocycles. The van der Waals surface area contributed by atoms with Crippen molar-refractivity contribution in [1.82, 2.24) is 4.90 Å². The highest BCUT2D eigenvalue weighted by Gasteiger charge is 2.14. The largest absolute Gasteiger partial charge is 0.467 e. The predicted octanol–water partition coefficient (Wildman–Crippen LogP) is 3.76. The van der Waals surface area contributed by atoms with Gasteiger partial charge in [-0.05, 0) is 62.8 Å². The van der Waals surface area contributed by atoms with Crippen LogP contribution < -0.4 is 10.2 Å². The molecule has 0 unspecified atom stereocenters. The third kappa shape index (κ3) is 6.31. The van der Waals surface area contributed by atoms with E-state index < -0.39 is 0 Å². The fourth-order valence-corrected chi connectivity index (χ4v) is 3.33. The number of halogens is 1. The molecule has 2 aromatic rings. The Morgan fingerprint density at radius 2 is 2.04 bits per heavy atom. The highest BCUT2D eigenvalue weighted by atomic mass is 35.5. The number of rotatable bonds is 9. The lowest BCUT2D eigenvalue weighted by molar-refractivity contribution is -0.896. The molecule has 1 aromatic carbocycles. The molecule has 142 valence electrons. The second-order valence-corrected chi connectivity index (χ2v) is 7.27. The molecule has 0 spiro atoms. The summed E-state index contributed by atoms with van der Waals surface area (Å²) in [6.07, 6.45) is 2.78. The maximum Gasteiger partial charge on any atom is 0.173 e. The van der Waals surface area contributed by atoms with Gasteiger partial charge in [0.05, 0.1) is 32.4 Å². The molecule has 26 heavy (non-hydrogen) atoms. The Morgan fingerprint density at radius 1 is 1.27 bits per heavy atom. The summed E-state index contributed by atoms with van der Waals surface area (Å²) in [7, 11) is 0. The van der Waals surface area contributed by atoms with Gasteiger partial charge >= 0.3 is 0 Å². The van der Waals surface area contributed by atoms with Crippen LogP contribution in [0.25, 0.3) is 0 Å². The minimum Gasteiger partial charge on any atom is -0.467 e. The van der Waals surface area contributed by atoms with E-state index in [4.69, 9.17) is 28.2 Å². The summed E-state index contributed by atoms with van der Waals surface area (Å²) in [5.41, 5.74) is 2.06. The van der Waals surface area contributed by atoms with Crippen LogP contribution in [0, 0.1) is 6.92 Å². The van der Waals surface area contributed by atoms with Gasteiger partial charge < -0.3 is 19.5 Å². The second kappa shape index (κ2) is 10.6. The minimum atomic E-state index is 0.659. The van der Waals surface area contributed by atoms with E-state index in [1.165, 1.54) is 0 Å². The summed E-state index contributed by atoms with van der Waals surface area (Å²) in [4.78, 5) is 3.77. The molecule has 6 heteroatoms. The minimum absolute atomic E-state index is 0.659. The molecule has 4 nitrogen and oxygen atoms in total. The van der Waals surface area contributed by atoms with Crippen LogP contribution in [0.4, 0.5) is 5.69 Å². The fraction of sp³-hybridized carbons (Fsp3) is 0.450. The highest BCUT2D eigenvalue weighted by molar-refractivity contribution is 7.80. The number of aryl methyl sites for hydroxylation is 1. The number of thiocarbonyl (C=S) groups is 1. The van der Waals surface area contributed by atoms with Crippen molar-refractivity contribution in [3.05, 3.63) is 52.9 Å². The molecule has 0 atom stereocenters. The van der Waals surface area contributed by atoms with Gasteiger partial charge in [-0.2, -0.15) is 0 Å². The lowest BCUT2D eigenvalue weighted by atomic mass is 10.2. The van der Waals surface area contributed by atoms with Crippen LogP contribution in [0.15, 0.2) is 41.0 Å². The highest BCUT2D eigenvalue weighted by Crippen LogP contribution is 2.21. The Kier molecular flexibility index (Phi) is 8.42. The summed E-state index contributed by atoms with van der Waals surface area (Å²) in [6.45, 7) is 11.5. The van der Waals surface area contributed by atoms with E-state index in [1.807, 2.05) is 37.3 Å². The van der Waals surface area contributed by atoms with Crippen molar-refractivity contribution in [2.75, 3.05) is 31.5 Å². The van der Waals surface area contributed by atoms with E-state index in [2.05, 4.69) is 24.1 Å². The van der Waals surface area contributed by atoms with Crippen LogP contribution >= 0.6 is 23.8 Å². The topological polar surface area (TPSA) is 32.9 Å². The maximum atomic E-state index is 6.13. The Hall–Kier alpha value is -1.56. The number of hydrogen-bond donors (Lipinski definition) is 2. The van der Waals surface area contributed by atoms with E-state index in [0.29, 0.717) is 16.7 Å². The monoisotopic (exact) mass is 394 g/mol. The molecule has 0 bridgehead atoms. The van der Waals surface area contributed by atoms with Crippen molar-refractivity contribution in [1.29, 1.82) is 0 Å². The predicted molar refractivity (Wildman–Crippen MR) is 113 cm³/mol. The smallest absolute Gasteiger partial charge is 0.173 e. The fourth-order valence-electron chi connectivity index (χ4n) is 2.89. The summed E-state index contributed by atoms with van der Waals surface area (Å²) in [5, 5.41) is 4.75. The first kappa shape index (κ1) is 20.7. The van der Waals surface area contributed by atoms with Crippen molar-refractivity contribution in [3.63, 3.8) is 0 Å². The lowest BCUT2D eigenvalue weighted by Gasteiger charge is -2.26. The average molecular weight is 395 g/mol. The standard InChI is InChI=1S/C20H28ClN3OS/c1-4-23(5-2)11-7-12-24(15-18-8-6-13-25-18)20(26)22-19-14-17(21)10-9-16(19)3/h6,8-10,13-14H,4-5,7,11-12,15H2,1-3H3,(H,22,26)/p+1. The van der Waals surface area contributed by atoms with Crippen LogP contribution in [0.2, 0.25) is 5.02 Å². The van der Waals surface area contributed by atoms with Gasteiger partial charge in [-0.1, -0.05) is 17.7 Å². The Labute approximate surface area is 167 Å². The second-order valence-electron chi connectivity index (χ2n) is 6.45. The van der Waals surface area contributed by atoms with Gasteiger partial charge in [-0.15, -0.1) is 0 Å². The number of hydrogen-bond acceptors (Lipinski definition) is 2. The summed E-state index contributed by atoms with van der Waals surface area (Å²) >= 11 is 11.8. The van der Waals surface area contributed by atoms with Crippen LogP contribution in [0.5, 0.6) is 0 Å². The maximum absolute atomic E-state index is 6.13. The molecule has 0 saturated carbocycles. The van der Waals surface area contributed by atoms with Crippen molar-refractivity contribution in [2.45, 2.75) is 33.7 Å². The van der Waals surface area contributed by atoms with Gasteiger partial charge in [0.15, 0.2) is 5.11 Å². The Morgan fingerprint density at radius 3 is 2.69 bits per heavy atom. The van der Waals surface area contributed by atoms with E-state index in [9.17, 15) is 0 Å². The quantitative estimate of drug-likeness (QED) is 0.634. The van der Waals surface area contributed by atoms with E-state index in [1.54, 1.807) is 11.2 Å². The first-order valence-electron chi connectivity index (χ1n) is 9.21. The van der Waals surface area contributed by atoms with Crippen molar-refractivity contribution >= 4 is 34.6 Å². The van der Waals surface area contributed by atoms with Crippen LogP contribution in [0.1, 0.15) is 31.6 Å². The summed E-state index contributed by atoms with van der Waals surface area (Å²) in [6, 6.07) is 9.68. The average Bonchev–Trinajstić information content (AvgIpc) is 3.14. The molecule has 1 heterocycles. The number of benzene rings is 1. The third-order valence-corrected chi connectivity index (χ3v) is 5.21. The van der Waals surface area contributed by atoms with Gasteiger partial charge in [0.25, 0.3) is 0 Å². The summed E-state index contributed by atoms with van der Waals surface area (Å²) in [5.74, 6) is 0.909. The number of furan rings is 1. The molecule has 0 aliphatic rings.